The summed E-state index contributed by atoms with van der Waals surface area (Å²) in [5, 5.41) is 51.5. The van der Waals surface area contributed by atoms with E-state index in [2.05, 4.69) is 79.4 Å². The average Bonchev–Trinajstić information content (AvgIpc) is 1.57. The highest BCUT2D eigenvalue weighted by Crippen LogP contribution is 2.23. The van der Waals surface area contributed by atoms with Crippen molar-refractivity contribution in [2.45, 2.75) is 192 Å². The molecule has 1 unspecified atom stereocenters. The first-order valence-corrected chi connectivity index (χ1v) is 38.8. The first-order chi connectivity index (χ1) is 54.9. The van der Waals surface area contributed by atoms with Crippen molar-refractivity contribution in [1.82, 2.24) is 73.7 Å². The first kappa shape index (κ1) is 88.7. The molecule has 3 heterocycles. The highest BCUT2D eigenvalue weighted by Gasteiger charge is 2.41. The van der Waals surface area contributed by atoms with Crippen LogP contribution in [-0.4, -0.2) is 197 Å². The van der Waals surface area contributed by atoms with Crippen LogP contribution in [0.25, 0.3) is 10.8 Å². The number of likely N-dealkylation sites (tertiary alicyclic amines) is 1. The Morgan fingerprint density at radius 1 is 0.530 bits per heavy atom. The number of nitrogens with zero attached hydrogens (tertiary/aromatic N) is 2. The van der Waals surface area contributed by atoms with Gasteiger partial charge in [0.05, 0.1) is 6.61 Å². The summed E-state index contributed by atoms with van der Waals surface area (Å²) in [7, 11) is 0. The van der Waals surface area contributed by atoms with Crippen molar-refractivity contribution in [3.8, 4) is 0 Å². The zero-order valence-corrected chi connectivity index (χ0v) is 66.2. The molecule has 5 aromatic carbocycles. The number of fused-ring (bicyclic) bond motifs is 1. The maximum Gasteiger partial charge on any atom is 0.315 e. The van der Waals surface area contributed by atoms with Crippen LogP contribution in [0.15, 0.2) is 140 Å². The monoisotopic (exact) mass is 1600 g/mol. The highest BCUT2D eigenvalue weighted by atomic mass is 35.5. The van der Waals surface area contributed by atoms with E-state index in [1.807, 2.05) is 56.3 Å². The lowest BCUT2D eigenvalue weighted by Gasteiger charge is -2.31. The van der Waals surface area contributed by atoms with E-state index < -0.39 is 150 Å². The quantitative estimate of drug-likeness (QED) is 0.0244. The van der Waals surface area contributed by atoms with Gasteiger partial charge in [-0.1, -0.05) is 124 Å². The molecule has 0 spiro atoms. The minimum Gasteiger partial charge on any atom is -0.394 e. The first-order valence-electron chi connectivity index (χ1n) is 38.4. The molecule has 0 saturated carbocycles. The number of primary amides is 1. The Morgan fingerprint density at radius 3 is 1.52 bits per heavy atom. The number of aliphatic hydroxyl groups is 1. The van der Waals surface area contributed by atoms with Gasteiger partial charge >= 0.3 is 6.03 Å². The SMILES string of the molecule is CC(=O)Nc1ccc(C[C@@H](NC(=O)[C@H](Cc2ccc(NC(=O)C3CNC(=O)N3)cc2)NC(=O)[C@H](CO)NC(=O)[C@@H](Cc2cccnc2)NC(=O)[C@@H](Cc2ccc(Cl)cc2)NC(=O)[C@@H](Cc2ccc3ccccc3c2)NC(C)=O)C(=O)N[C@@H](CC(C)C)C(=O)N[C@@H](CCCCNC(C)C)C(=O)N2CCC[C@H]2C(=O)N[C@H](C)C(N)=O)cc1. The van der Waals surface area contributed by atoms with Crippen LogP contribution >= 0.6 is 11.6 Å². The van der Waals surface area contributed by atoms with Gasteiger partial charge in [0, 0.05) is 93.9 Å². The molecule has 33 heteroatoms. The number of carbonyl (C=O) groups is 14. The third-order valence-corrected chi connectivity index (χ3v) is 19.6. The largest absolute Gasteiger partial charge is 0.394 e. The molecule has 32 nitrogen and oxygen atoms in total. The summed E-state index contributed by atoms with van der Waals surface area (Å²) in [6.45, 7) is 11.2. The lowest BCUT2D eigenvalue weighted by Crippen LogP contribution is -2.62. The maximum absolute atomic E-state index is 15.4. The maximum atomic E-state index is 15.4. The van der Waals surface area contributed by atoms with Gasteiger partial charge in [-0.15, -0.1) is 0 Å². The van der Waals surface area contributed by atoms with Crippen molar-refractivity contribution in [3.05, 3.63) is 173 Å². The molecule has 17 N–H and O–H groups in total. The molecule has 0 bridgehead atoms. The van der Waals surface area contributed by atoms with Gasteiger partial charge in [-0.25, -0.2) is 4.79 Å². The van der Waals surface area contributed by atoms with Crippen molar-refractivity contribution in [2.75, 3.05) is 36.9 Å². The van der Waals surface area contributed by atoms with E-state index >= 15 is 9.59 Å². The smallest absolute Gasteiger partial charge is 0.315 e. The van der Waals surface area contributed by atoms with E-state index in [4.69, 9.17) is 17.3 Å². The van der Waals surface area contributed by atoms with Crippen LogP contribution in [0.5, 0.6) is 0 Å². The van der Waals surface area contributed by atoms with Crippen molar-refractivity contribution in [2.24, 2.45) is 11.7 Å². The summed E-state index contributed by atoms with van der Waals surface area (Å²) >= 11 is 6.27. The predicted molar refractivity (Wildman–Crippen MR) is 430 cm³/mol. The lowest BCUT2D eigenvalue weighted by molar-refractivity contribution is -0.142. The number of nitrogens with one attached hydrogen (secondary N) is 14. The minimum absolute atomic E-state index is 0.000786. The number of hydrogen-bond donors (Lipinski definition) is 16. The summed E-state index contributed by atoms with van der Waals surface area (Å²) in [4.78, 5) is 201. The fraction of sp³-hybridized carbons (Fsp3) is 0.427. The molecular weight excluding hydrogens is 1500 g/mol. The normalized spacial score (nSPS) is 16.1. The molecule has 2 fully saturated rings. The Balaban J connectivity index is 1.09. The Bertz CT molecular complexity index is 4420. The molecule has 0 radical (unpaired) electrons. The lowest BCUT2D eigenvalue weighted by atomic mass is 9.99. The Morgan fingerprint density at radius 2 is 1.02 bits per heavy atom. The summed E-state index contributed by atoms with van der Waals surface area (Å²) in [5.41, 5.74) is 8.56. The number of carbonyl (C=O) groups excluding carboxylic acids is 14. The number of urea groups is 1. The highest BCUT2D eigenvalue weighted by molar-refractivity contribution is 6.30. The van der Waals surface area contributed by atoms with Gasteiger partial charge in [-0.05, 0) is 139 Å². The zero-order chi connectivity index (χ0) is 83.4. The van der Waals surface area contributed by atoms with Gasteiger partial charge in [0.15, 0.2) is 0 Å². The topological polar surface area (TPSA) is 470 Å². The van der Waals surface area contributed by atoms with Gasteiger partial charge in [0.1, 0.15) is 66.5 Å². The molecule has 15 amide bonds. The molecule has 2 saturated heterocycles. The fourth-order valence-corrected chi connectivity index (χ4v) is 13.4. The molecule has 2 aliphatic rings. The molecule has 1 aromatic heterocycles. The molecule has 8 rings (SSSR count). The standard InChI is InChI=1S/C82H104ClN17O15/c1-46(2)36-62(72(105)92-61(17-10-11-34-86-47(3)4)81(114)100-35-13-18-70(100)80(113)88-48(5)71(84)104)93-74(107)65(39-52-22-29-59(30-23-52)89-49(6)102)95-76(109)66(40-53-24-31-60(32-25-53)91-78(111)68-44-87-82(115)99-68)97-79(112)69(45-101)98-77(110)67(42-55-14-12-33-85-43-55)96-75(108)64(38-51-20-27-58(83)28-21-51)94-73(106)63(90-50(7)103)41-54-19-26-56-15-8-9-16-57(56)37-54/h8-9,12,14-16,19-33,37,43,46-48,61-70,86,101H,10-11,13,17-18,34-36,38-42,44-45H2,1-7H3,(H2,84,104)(H,88,113)(H,89,102)(H,90,103)(H,91,111)(H,92,105)(H,93,107)(H,94,106)(H,95,109)(H,96,108)(H,97,112)(H,98,110)(H2,87,99,115)/t48-,61+,62+,63-,64-,65-,66+,67-,68?,69+,70+/m1/s1. The average molecular weight is 1600 g/mol. The third-order valence-electron chi connectivity index (χ3n) is 19.3. The molecule has 115 heavy (non-hydrogen) atoms. The van der Waals surface area contributed by atoms with Crippen LogP contribution < -0.4 is 80.2 Å². The van der Waals surface area contributed by atoms with E-state index in [1.165, 1.54) is 62.3 Å². The third kappa shape index (κ3) is 28.0. The molecule has 0 aliphatic carbocycles. The Hall–Kier alpha value is -11.9. The minimum atomic E-state index is -1.89. The molecular formula is C82H104ClN17O15. The zero-order valence-electron chi connectivity index (χ0n) is 65.4. The van der Waals surface area contributed by atoms with Crippen LogP contribution in [0.4, 0.5) is 16.2 Å². The number of aliphatic hydroxyl groups excluding tert-OH is 1. The van der Waals surface area contributed by atoms with Crippen molar-refractivity contribution in [1.29, 1.82) is 0 Å². The number of pyridine rings is 1. The van der Waals surface area contributed by atoms with E-state index in [1.54, 1.807) is 74.5 Å². The number of halogens is 1. The number of hydrogen-bond acceptors (Lipinski definition) is 17. The summed E-state index contributed by atoms with van der Waals surface area (Å²) in [6.07, 6.45) is 3.70. The van der Waals surface area contributed by atoms with Crippen LogP contribution in [0.1, 0.15) is 115 Å². The van der Waals surface area contributed by atoms with Crippen molar-refractivity contribution < 1.29 is 72.2 Å². The van der Waals surface area contributed by atoms with Gasteiger partial charge in [-0.2, -0.15) is 0 Å². The van der Waals surface area contributed by atoms with E-state index in [0.717, 1.165) is 10.8 Å². The Kier molecular flexibility index (Phi) is 33.4. The molecule has 11 atom stereocenters. The van der Waals surface area contributed by atoms with Gasteiger partial charge < -0.3 is 90.2 Å². The van der Waals surface area contributed by atoms with Crippen molar-refractivity contribution >= 4 is 117 Å². The number of rotatable bonds is 41. The number of nitrogens with two attached hydrogens (primary N) is 1. The van der Waals surface area contributed by atoms with Crippen molar-refractivity contribution in [3.63, 3.8) is 0 Å². The predicted octanol–water partition coefficient (Wildman–Crippen LogP) is 2.07. The number of benzene rings is 5. The number of unbranched alkanes of at least 4 members (excludes halogenated alkanes) is 1. The second-order valence-corrected chi connectivity index (χ2v) is 30.0. The van der Waals surface area contributed by atoms with Gasteiger partial charge in [-0.3, -0.25) is 67.3 Å². The van der Waals surface area contributed by atoms with Crippen LogP contribution in [0, 0.1) is 5.92 Å². The Labute approximate surface area is 672 Å². The molecule has 6 aromatic rings. The summed E-state index contributed by atoms with van der Waals surface area (Å²) < 4.78 is 0. The number of amides is 15. The molecule has 2 aliphatic heterocycles. The van der Waals surface area contributed by atoms with Crippen LogP contribution in [0.3, 0.4) is 0 Å². The second-order valence-electron chi connectivity index (χ2n) is 29.6. The molecule has 614 valence electrons. The van der Waals surface area contributed by atoms with Gasteiger partial charge in [0.2, 0.25) is 76.8 Å². The summed E-state index contributed by atoms with van der Waals surface area (Å²) in [5.74, 6) is -10.2. The van der Waals surface area contributed by atoms with Crippen LogP contribution in [-0.2, 0) is 94.4 Å². The van der Waals surface area contributed by atoms with E-state index in [9.17, 15) is 62.6 Å². The van der Waals surface area contributed by atoms with E-state index in [0.29, 0.717) is 64.3 Å². The number of aromatic nitrogens is 1. The van der Waals surface area contributed by atoms with E-state index in [-0.39, 0.29) is 88.0 Å². The second kappa shape index (κ2) is 43.4. The summed E-state index contributed by atoms with van der Waals surface area (Å²) in [6, 6.07) is 19.9. The fourth-order valence-electron chi connectivity index (χ4n) is 13.3. The van der Waals surface area contributed by atoms with Gasteiger partial charge in [0.25, 0.3) is 0 Å². The number of anilines is 2. The van der Waals surface area contributed by atoms with Crippen LogP contribution in [0.2, 0.25) is 5.02 Å².